The van der Waals surface area contributed by atoms with Gasteiger partial charge in [-0.1, -0.05) is 97.6 Å². The Morgan fingerprint density at radius 2 is 1.19 bits per heavy atom. The quantitative estimate of drug-likeness (QED) is 0.508. The summed E-state index contributed by atoms with van der Waals surface area (Å²) in [6, 6.07) is 29.7. The minimum Gasteiger partial charge on any atom is -0.369 e. The van der Waals surface area contributed by atoms with E-state index in [4.69, 9.17) is 0 Å². The van der Waals surface area contributed by atoms with Gasteiger partial charge < -0.3 is 4.90 Å². The Labute approximate surface area is 193 Å². The van der Waals surface area contributed by atoms with Crippen LogP contribution in [0.1, 0.15) is 18.1 Å². The zero-order chi connectivity index (χ0) is 22.8. The molecule has 0 bridgehead atoms. The lowest BCUT2D eigenvalue weighted by Crippen LogP contribution is -2.59. The molecule has 1 heterocycles. The summed E-state index contributed by atoms with van der Waals surface area (Å²) in [7, 11) is -1.29. The van der Waals surface area contributed by atoms with Crippen molar-refractivity contribution in [3.05, 3.63) is 96.1 Å². The zero-order valence-electron chi connectivity index (χ0n) is 19.7. The van der Waals surface area contributed by atoms with Crippen LogP contribution >= 0.6 is 0 Å². The van der Waals surface area contributed by atoms with Gasteiger partial charge in [-0.25, -0.2) is 0 Å². The summed E-state index contributed by atoms with van der Waals surface area (Å²) in [6.07, 6.45) is 0. The highest BCUT2D eigenvalue weighted by Gasteiger charge is 2.45. The van der Waals surface area contributed by atoms with Gasteiger partial charge in [0.2, 0.25) is 0 Å². The molecule has 0 spiro atoms. The van der Waals surface area contributed by atoms with Gasteiger partial charge in [0.1, 0.15) is 5.54 Å². The Bertz CT molecular complexity index is 995. The number of carbonyl (C=O) groups is 1. The van der Waals surface area contributed by atoms with Gasteiger partial charge in [-0.2, -0.15) is 0 Å². The van der Waals surface area contributed by atoms with Crippen LogP contribution in [0, 0.1) is 0 Å². The number of hydrogen-bond acceptors (Lipinski definition) is 3. The molecule has 3 aromatic rings. The highest BCUT2D eigenvalue weighted by atomic mass is 28.3. The molecule has 1 aliphatic heterocycles. The number of ketones is 1. The molecule has 0 aromatic heterocycles. The molecule has 3 nitrogen and oxygen atoms in total. The predicted octanol–water partition coefficient (Wildman–Crippen LogP) is 4.89. The Balaban J connectivity index is 1.63. The van der Waals surface area contributed by atoms with E-state index < -0.39 is 13.6 Å². The number of nitrogens with zero attached hydrogens (tertiary/aromatic N) is 2. The maximum Gasteiger partial charge on any atom is 0.159 e. The molecule has 1 fully saturated rings. The summed E-state index contributed by atoms with van der Waals surface area (Å²) in [5.41, 5.74) is 2.62. The van der Waals surface area contributed by atoms with Gasteiger partial charge in [0, 0.05) is 31.9 Å². The van der Waals surface area contributed by atoms with Crippen molar-refractivity contribution < 1.29 is 4.79 Å². The van der Waals surface area contributed by atoms with E-state index in [0.29, 0.717) is 0 Å². The predicted molar refractivity (Wildman–Crippen MR) is 138 cm³/mol. The fourth-order valence-electron chi connectivity index (χ4n) is 4.99. The second-order valence-corrected chi connectivity index (χ2v) is 14.8. The third-order valence-corrected chi connectivity index (χ3v) is 8.81. The number of rotatable bonds is 6. The van der Waals surface area contributed by atoms with Crippen molar-refractivity contribution >= 4 is 24.7 Å². The van der Waals surface area contributed by atoms with Crippen LogP contribution in [-0.2, 0) is 10.3 Å². The lowest BCUT2D eigenvalue weighted by Gasteiger charge is -2.47. The maximum atomic E-state index is 13.4. The van der Waals surface area contributed by atoms with Crippen LogP contribution in [0.15, 0.2) is 84.9 Å². The summed E-state index contributed by atoms with van der Waals surface area (Å²) in [5.74, 6) is 0.169. The van der Waals surface area contributed by atoms with Crippen LogP contribution in [0.2, 0.25) is 19.6 Å². The fourth-order valence-corrected chi connectivity index (χ4v) is 6.16. The average Bonchev–Trinajstić information content (AvgIpc) is 2.81. The molecule has 1 saturated heterocycles. The van der Waals surface area contributed by atoms with Crippen LogP contribution < -0.4 is 10.1 Å². The first-order valence-electron chi connectivity index (χ1n) is 11.6. The molecule has 0 aliphatic carbocycles. The van der Waals surface area contributed by atoms with E-state index in [2.05, 4.69) is 78.0 Å². The van der Waals surface area contributed by atoms with Crippen molar-refractivity contribution in [3.8, 4) is 0 Å². The minimum absolute atomic E-state index is 0.169. The number of anilines is 1. The van der Waals surface area contributed by atoms with E-state index in [1.54, 1.807) is 6.92 Å². The van der Waals surface area contributed by atoms with Gasteiger partial charge in [0.15, 0.2) is 5.78 Å². The number of Topliss-reactive ketones (excluding diaryl/α,β-unsaturated/α-hetero) is 1. The second-order valence-electron chi connectivity index (χ2n) is 9.77. The van der Waals surface area contributed by atoms with E-state index in [-0.39, 0.29) is 5.78 Å². The summed E-state index contributed by atoms with van der Waals surface area (Å²) < 4.78 is 0. The first kappa shape index (κ1) is 22.5. The van der Waals surface area contributed by atoms with Crippen molar-refractivity contribution in [2.75, 3.05) is 31.1 Å². The van der Waals surface area contributed by atoms with Crippen molar-refractivity contribution in [1.29, 1.82) is 0 Å². The second kappa shape index (κ2) is 9.05. The third kappa shape index (κ3) is 4.17. The number of carbonyl (C=O) groups excluding carboxylic acids is 1. The summed E-state index contributed by atoms with van der Waals surface area (Å²) in [5, 5.41) is 1.49. The van der Waals surface area contributed by atoms with Crippen molar-refractivity contribution in [1.82, 2.24) is 4.90 Å². The Kier molecular flexibility index (Phi) is 6.36. The number of piperazine rings is 1. The molecular formula is C28H34N2OSi. The summed E-state index contributed by atoms with van der Waals surface area (Å²) in [4.78, 5) is 18.2. The number of benzene rings is 3. The molecule has 0 N–H and O–H groups in total. The highest BCUT2D eigenvalue weighted by Crippen LogP contribution is 2.38. The topological polar surface area (TPSA) is 23.6 Å². The molecular weight excluding hydrogens is 408 g/mol. The van der Waals surface area contributed by atoms with Crippen LogP contribution in [-0.4, -0.2) is 44.9 Å². The normalized spacial score (nSPS) is 15.6. The zero-order valence-corrected chi connectivity index (χ0v) is 20.7. The van der Waals surface area contributed by atoms with Crippen LogP contribution in [0.3, 0.4) is 0 Å². The van der Waals surface area contributed by atoms with E-state index in [1.807, 2.05) is 36.4 Å². The van der Waals surface area contributed by atoms with Crippen molar-refractivity contribution in [2.24, 2.45) is 0 Å². The molecule has 4 rings (SSSR count). The lowest BCUT2D eigenvalue weighted by atomic mass is 9.77. The van der Waals surface area contributed by atoms with Crippen LogP contribution in [0.25, 0.3) is 0 Å². The van der Waals surface area contributed by atoms with E-state index in [9.17, 15) is 4.79 Å². The Hall–Kier alpha value is -2.69. The summed E-state index contributed by atoms with van der Waals surface area (Å²) in [6.45, 7) is 12.4. The first-order chi connectivity index (χ1) is 15.3. The molecule has 0 radical (unpaired) electrons. The SMILES string of the molecule is CC(=O)C(c1ccccc1)(c1ccccc1)N1CCN(c2ccc([Si](C)(C)C)cc2)CC1. The molecule has 0 unspecified atom stereocenters. The largest absolute Gasteiger partial charge is 0.369 e. The monoisotopic (exact) mass is 442 g/mol. The van der Waals surface area contributed by atoms with Crippen LogP contribution in [0.4, 0.5) is 5.69 Å². The Morgan fingerprint density at radius 1 is 0.719 bits per heavy atom. The first-order valence-corrected chi connectivity index (χ1v) is 15.1. The van der Waals surface area contributed by atoms with Gasteiger partial charge in [0.25, 0.3) is 0 Å². The van der Waals surface area contributed by atoms with Crippen molar-refractivity contribution in [2.45, 2.75) is 32.1 Å². The Morgan fingerprint density at radius 3 is 1.59 bits per heavy atom. The fraction of sp³-hybridized carbons (Fsp3) is 0.321. The van der Waals surface area contributed by atoms with Gasteiger partial charge in [-0.05, 0) is 30.2 Å². The molecule has 166 valence electrons. The molecule has 1 aliphatic rings. The van der Waals surface area contributed by atoms with Crippen LogP contribution in [0.5, 0.6) is 0 Å². The maximum absolute atomic E-state index is 13.4. The van der Waals surface area contributed by atoms with E-state index in [0.717, 1.165) is 37.3 Å². The standard InChI is InChI=1S/C28H34N2OSi/c1-23(31)28(24-11-7-5-8-12-24,25-13-9-6-10-14-25)30-21-19-29(20-22-30)26-15-17-27(18-16-26)32(2,3)4/h5-18H,19-22H2,1-4H3. The molecule has 4 heteroatoms. The minimum atomic E-state index is -1.29. The van der Waals surface area contributed by atoms with Gasteiger partial charge >= 0.3 is 0 Å². The van der Waals surface area contributed by atoms with E-state index >= 15 is 0 Å². The summed E-state index contributed by atoms with van der Waals surface area (Å²) >= 11 is 0. The van der Waals surface area contributed by atoms with Gasteiger partial charge in [-0.15, -0.1) is 0 Å². The van der Waals surface area contributed by atoms with Gasteiger partial charge in [-0.3, -0.25) is 9.69 Å². The molecule has 0 saturated carbocycles. The average molecular weight is 443 g/mol. The smallest absolute Gasteiger partial charge is 0.159 e. The molecule has 3 aromatic carbocycles. The third-order valence-electron chi connectivity index (χ3n) is 6.75. The number of hydrogen-bond donors (Lipinski definition) is 0. The van der Waals surface area contributed by atoms with Crippen molar-refractivity contribution in [3.63, 3.8) is 0 Å². The highest BCUT2D eigenvalue weighted by molar-refractivity contribution is 6.88. The molecule has 0 atom stereocenters. The lowest BCUT2D eigenvalue weighted by molar-refractivity contribution is -0.127. The van der Waals surface area contributed by atoms with Gasteiger partial charge in [0.05, 0.1) is 8.07 Å². The molecule has 0 amide bonds. The molecule has 32 heavy (non-hydrogen) atoms. The van der Waals surface area contributed by atoms with E-state index in [1.165, 1.54) is 10.9 Å².